The lowest BCUT2D eigenvalue weighted by atomic mass is 10.1. The fourth-order valence-corrected chi connectivity index (χ4v) is 3.08. The number of likely N-dealkylation sites (tertiary alicyclic amines) is 1. The first-order valence-corrected chi connectivity index (χ1v) is 9.06. The van der Waals surface area contributed by atoms with Gasteiger partial charge in [0.15, 0.2) is 0 Å². The first kappa shape index (κ1) is 19.1. The van der Waals surface area contributed by atoms with E-state index in [4.69, 9.17) is 4.74 Å². The van der Waals surface area contributed by atoms with Crippen LogP contribution < -0.4 is 10.2 Å². The second-order valence-corrected chi connectivity index (χ2v) is 6.38. The van der Waals surface area contributed by atoms with Gasteiger partial charge in [-0.3, -0.25) is 4.79 Å². The highest BCUT2D eigenvalue weighted by Gasteiger charge is 2.24. The van der Waals surface area contributed by atoms with E-state index < -0.39 is 0 Å². The number of anilines is 1. The van der Waals surface area contributed by atoms with E-state index in [1.165, 1.54) is 5.56 Å². The zero-order chi connectivity index (χ0) is 18.2. The van der Waals surface area contributed by atoms with Crippen molar-refractivity contribution >= 4 is 17.7 Å². The average molecular weight is 347 g/mol. The molecule has 0 bridgehead atoms. The van der Waals surface area contributed by atoms with Crippen molar-refractivity contribution in [1.82, 2.24) is 10.2 Å². The number of rotatable bonds is 6. The molecule has 1 aliphatic rings. The molecule has 0 saturated carbocycles. The van der Waals surface area contributed by atoms with Crippen molar-refractivity contribution in [3.63, 3.8) is 0 Å². The molecule has 2 rings (SSSR count). The van der Waals surface area contributed by atoms with E-state index >= 15 is 0 Å². The topological polar surface area (TPSA) is 61.9 Å². The Morgan fingerprint density at radius 2 is 2.00 bits per heavy atom. The third-order valence-corrected chi connectivity index (χ3v) is 4.47. The molecule has 1 aromatic rings. The summed E-state index contributed by atoms with van der Waals surface area (Å²) >= 11 is 0. The molecule has 0 radical (unpaired) electrons. The molecule has 2 amide bonds. The molecule has 1 heterocycles. The van der Waals surface area contributed by atoms with Crippen molar-refractivity contribution in [2.75, 3.05) is 37.7 Å². The lowest BCUT2D eigenvalue weighted by Crippen LogP contribution is -2.48. The maximum atomic E-state index is 12.4. The Balaban J connectivity index is 1.81. The minimum absolute atomic E-state index is 0.0259. The van der Waals surface area contributed by atoms with Gasteiger partial charge in [0.2, 0.25) is 5.91 Å². The Hall–Kier alpha value is -2.24. The van der Waals surface area contributed by atoms with Crippen molar-refractivity contribution in [3.05, 3.63) is 29.8 Å². The lowest BCUT2D eigenvalue weighted by molar-refractivity contribution is -0.120. The third-order valence-electron chi connectivity index (χ3n) is 4.47. The fourth-order valence-electron chi connectivity index (χ4n) is 3.08. The molecule has 25 heavy (non-hydrogen) atoms. The summed E-state index contributed by atoms with van der Waals surface area (Å²) in [5, 5.41) is 3.10. The van der Waals surface area contributed by atoms with E-state index in [1.54, 1.807) is 11.8 Å². The molecule has 1 aromatic carbocycles. The summed E-state index contributed by atoms with van der Waals surface area (Å²) in [6.45, 7) is 8.66. The van der Waals surface area contributed by atoms with Gasteiger partial charge >= 0.3 is 6.09 Å². The Bertz CT molecular complexity index is 583. The molecule has 138 valence electrons. The number of likely N-dealkylation sites (N-methyl/N-ethyl adjacent to an activating group) is 1. The number of aryl methyl sites for hydroxylation is 1. The van der Waals surface area contributed by atoms with Crippen LogP contribution in [0.25, 0.3) is 0 Å². The molecule has 6 heteroatoms. The monoisotopic (exact) mass is 347 g/mol. The number of piperidine rings is 1. The highest BCUT2D eigenvalue weighted by Crippen LogP contribution is 2.16. The van der Waals surface area contributed by atoms with Crippen molar-refractivity contribution in [2.45, 2.75) is 39.7 Å². The average Bonchev–Trinajstić information content (AvgIpc) is 2.60. The van der Waals surface area contributed by atoms with Crippen LogP contribution in [0.3, 0.4) is 0 Å². The van der Waals surface area contributed by atoms with Gasteiger partial charge in [-0.15, -0.1) is 0 Å². The van der Waals surface area contributed by atoms with Crippen LogP contribution in [0, 0.1) is 6.92 Å². The molecule has 0 aromatic heterocycles. The van der Waals surface area contributed by atoms with Crippen LogP contribution in [0.5, 0.6) is 0 Å². The number of nitrogens with zero attached hydrogens (tertiary/aromatic N) is 2. The minimum atomic E-state index is -0.260. The molecular formula is C19H29N3O3. The van der Waals surface area contributed by atoms with Crippen molar-refractivity contribution in [2.24, 2.45) is 0 Å². The van der Waals surface area contributed by atoms with E-state index in [1.807, 2.05) is 19.1 Å². The van der Waals surface area contributed by atoms with Crippen LogP contribution in [0.1, 0.15) is 32.3 Å². The van der Waals surface area contributed by atoms with Crippen LogP contribution in [-0.4, -0.2) is 55.7 Å². The van der Waals surface area contributed by atoms with Crippen LogP contribution in [0.2, 0.25) is 0 Å². The molecule has 0 atom stereocenters. The number of amides is 2. The summed E-state index contributed by atoms with van der Waals surface area (Å²) in [5.74, 6) is 0.0259. The predicted octanol–water partition coefficient (Wildman–Crippen LogP) is 2.56. The number of benzene rings is 1. The maximum absolute atomic E-state index is 12.4. The molecule has 0 unspecified atom stereocenters. The van der Waals surface area contributed by atoms with Crippen molar-refractivity contribution in [1.29, 1.82) is 0 Å². The van der Waals surface area contributed by atoms with Gasteiger partial charge in [0.1, 0.15) is 0 Å². The molecule has 1 aliphatic heterocycles. The Kier molecular flexibility index (Phi) is 7.10. The van der Waals surface area contributed by atoms with Gasteiger partial charge in [-0.1, -0.05) is 12.1 Å². The highest BCUT2D eigenvalue weighted by atomic mass is 16.6. The molecule has 1 N–H and O–H groups in total. The van der Waals surface area contributed by atoms with E-state index in [9.17, 15) is 9.59 Å². The maximum Gasteiger partial charge on any atom is 0.409 e. The van der Waals surface area contributed by atoms with Crippen molar-refractivity contribution < 1.29 is 14.3 Å². The number of carbonyl (C=O) groups is 2. The van der Waals surface area contributed by atoms with Gasteiger partial charge in [-0.25, -0.2) is 4.79 Å². The van der Waals surface area contributed by atoms with E-state index in [-0.39, 0.29) is 18.0 Å². The molecule has 1 saturated heterocycles. The zero-order valence-electron chi connectivity index (χ0n) is 15.5. The number of ether oxygens (including phenoxy) is 1. The largest absolute Gasteiger partial charge is 0.450 e. The second kappa shape index (κ2) is 9.30. The van der Waals surface area contributed by atoms with Crippen LogP contribution in [-0.2, 0) is 9.53 Å². The van der Waals surface area contributed by atoms with Gasteiger partial charge in [0, 0.05) is 31.4 Å². The van der Waals surface area contributed by atoms with Crippen molar-refractivity contribution in [3.8, 4) is 0 Å². The Labute approximate surface area is 150 Å². The standard InChI is InChI=1S/C19H29N3O3/c1-4-21(17-8-6-7-15(3)13-17)14-18(23)20-16-9-11-22(12-10-16)19(24)25-5-2/h6-8,13,16H,4-5,9-12,14H2,1-3H3,(H,20,23). The second-order valence-electron chi connectivity index (χ2n) is 6.38. The SMILES string of the molecule is CCOC(=O)N1CCC(NC(=O)CN(CC)c2cccc(C)c2)CC1. The smallest absolute Gasteiger partial charge is 0.409 e. The van der Waals surface area contributed by atoms with Gasteiger partial charge in [0.05, 0.1) is 13.2 Å². The molecular weight excluding hydrogens is 318 g/mol. The Morgan fingerprint density at radius 1 is 1.28 bits per heavy atom. The lowest BCUT2D eigenvalue weighted by Gasteiger charge is -2.32. The zero-order valence-corrected chi connectivity index (χ0v) is 15.5. The third kappa shape index (κ3) is 5.66. The summed E-state index contributed by atoms with van der Waals surface area (Å²) in [7, 11) is 0. The molecule has 1 fully saturated rings. The van der Waals surface area contributed by atoms with Gasteiger partial charge < -0.3 is 19.9 Å². The Morgan fingerprint density at radius 3 is 2.60 bits per heavy atom. The van der Waals surface area contributed by atoms with E-state index in [0.29, 0.717) is 26.2 Å². The van der Waals surface area contributed by atoms with E-state index in [0.717, 1.165) is 25.1 Å². The number of carbonyl (C=O) groups excluding carboxylic acids is 2. The van der Waals surface area contributed by atoms with Gasteiger partial charge in [-0.2, -0.15) is 0 Å². The first-order valence-electron chi connectivity index (χ1n) is 9.06. The summed E-state index contributed by atoms with van der Waals surface area (Å²) < 4.78 is 5.02. The molecule has 0 aliphatic carbocycles. The van der Waals surface area contributed by atoms with E-state index in [2.05, 4.69) is 29.3 Å². The summed E-state index contributed by atoms with van der Waals surface area (Å²) in [5.41, 5.74) is 2.25. The first-order chi connectivity index (χ1) is 12.0. The minimum Gasteiger partial charge on any atom is -0.450 e. The predicted molar refractivity (Wildman–Crippen MR) is 98.8 cm³/mol. The summed E-state index contributed by atoms with van der Waals surface area (Å²) in [6, 6.07) is 8.30. The fraction of sp³-hybridized carbons (Fsp3) is 0.579. The summed E-state index contributed by atoms with van der Waals surface area (Å²) in [6.07, 6.45) is 1.27. The highest BCUT2D eigenvalue weighted by molar-refractivity contribution is 5.81. The number of nitrogens with one attached hydrogen (secondary N) is 1. The number of hydrogen-bond donors (Lipinski definition) is 1. The molecule has 0 spiro atoms. The van der Waals surface area contributed by atoms with Crippen LogP contribution in [0.4, 0.5) is 10.5 Å². The normalized spacial score (nSPS) is 14.9. The van der Waals surface area contributed by atoms with Crippen LogP contribution >= 0.6 is 0 Å². The summed E-state index contributed by atoms with van der Waals surface area (Å²) in [4.78, 5) is 27.9. The number of hydrogen-bond acceptors (Lipinski definition) is 4. The quantitative estimate of drug-likeness (QED) is 0.859. The van der Waals surface area contributed by atoms with Gasteiger partial charge in [-0.05, 0) is 51.3 Å². The molecule has 6 nitrogen and oxygen atoms in total. The van der Waals surface area contributed by atoms with Crippen LogP contribution in [0.15, 0.2) is 24.3 Å². The van der Waals surface area contributed by atoms with Gasteiger partial charge in [0.25, 0.3) is 0 Å².